The van der Waals surface area contributed by atoms with Gasteiger partial charge in [0.15, 0.2) is 0 Å². The molecular formula is C16H27N5O. The molecule has 22 heavy (non-hydrogen) atoms. The van der Waals surface area contributed by atoms with Crippen LogP contribution in [0.25, 0.3) is 0 Å². The SMILES string of the molecule is C[C@@H](C(=O)N1CCC[C@@H]1Cn1cccn1)N1CCN(C)CC1. The van der Waals surface area contributed by atoms with E-state index in [1.807, 2.05) is 16.9 Å². The van der Waals surface area contributed by atoms with E-state index >= 15 is 0 Å². The van der Waals surface area contributed by atoms with Crippen LogP contribution in [0.1, 0.15) is 19.8 Å². The van der Waals surface area contributed by atoms with Crippen molar-refractivity contribution in [3.63, 3.8) is 0 Å². The second-order valence-corrected chi connectivity index (χ2v) is 6.57. The van der Waals surface area contributed by atoms with Gasteiger partial charge in [0.2, 0.25) is 5.91 Å². The lowest BCUT2D eigenvalue weighted by molar-refractivity contribution is -0.138. The molecule has 2 fully saturated rings. The van der Waals surface area contributed by atoms with Gasteiger partial charge in [-0.15, -0.1) is 0 Å². The van der Waals surface area contributed by atoms with Crippen LogP contribution in [0, 0.1) is 0 Å². The molecule has 6 heteroatoms. The molecule has 2 atom stereocenters. The second-order valence-electron chi connectivity index (χ2n) is 6.57. The second kappa shape index (κ2) is 6.79. The number of nitrogens with zero attached hydrogens (tertiary/aromatic N) is 5. The maximum atomic E-state index is 12.9. The van der Waals surface area contributed by atoms with Crippen molar-refractivity contribution >= 4 is 5.91 Å². The van der Waals surface area contributed by atoms with Crippen LogP contribution in [0.5, 0.6) is 0 Å². The summed E-state index contributed by atoms with van der Waals surface area (Å²) in [5, 5.41) is 4.28. The predicted molar refractivity (Wildman–Crippen MR) is 85.5 cm³/mol. The third-order valence-electron chi connectivity index (χ3n) is 5.06. The normalized spacial score (nSPS) is 25.5. The Morgan fingerprint density at radius 3 is 2.73 bits per heavy atom. The Morgan fingerprint density at radius 2 is 2.05 bits per heavy atom. The first-order valence-corrected chi connectivity index (χ1v) is 8.35. The first-order valence-electron chi connectivity index (χ1n) is 8.35. The zero-order valence-electron chi connectivity index (χ0n) is 13.7. The van der Waals surface area contributed by atoms with Gasteiger partial charge in [-0.05, 0) is 32.9 Å². The number of aromatic nitrogens is 2. The predicted octanol–water partition coefficient (Wildman–Crippen LogP) is 0.510. The minimum absolute atomic E-state index is 0.00748. The highest BCUT2D eigenvalue weighted by Gasteiger charge is 2.34. The summed E-state index contributed by atoms with van der Waals surface area (Å²) in [5.74, 6) is 0.291. The number of likely N-dealkylation sites (N-methyl/N-ethyl adjacent to an activating group) is 1. The van der Waals surface area contributed by atoms with Gasteiger partial charge in [0.25, 0.3) is 0 Å². The van der Waals surface area contributed by atoms with Crippen molar-refractivity contribution in [2.45, 2.75) is 38.4 Å². The zero-order valence-corrected chi connectivity index (χ0v) is 13.7. The summed E-state index contributed by atoms with van der Waals surface area (Å²) in [6, 6.07) is 2.22. The van der Waals surface area contributed by atoms with Crippen LogP contribution in [0.2, 0.25) is 0 Å². The number of rotatable bonds is 4. The Balaban J connectivity index is 1.60. The zero-order chi connectivity index (χ0) is 15.5. The molecule has 0 bridgehead atoms. The molecule has 0 N–H and O–H groups in total. The molecular weight excluding hydrogens is 278 g/mol. The highest BCUT2D eigenvalue weighted by molar-refractivity contribution is 5.82. The molecule has 0 spiro atoms. The molecule has 3 heterocycles. The van der Waals surface area contributed by atoms with E-state index < -0.39 is 0 Å². The van der Waals surface area contributed by atoms with Gasteiger partial charge >= 0.3 is 0 Å². The molecule has 0 unspecified atom stereocenters. The summed E-state index contributed by atoms with van der Waals surface area (Å²) in [7, 11) is 2.14. The molecule has 6 nitrogen and oxygen atoms in total. The molecule has 3 rings (SSSR count). The summed E-state index contributed by atoms with van der Waals surface area (Å²) in [4.78, 5) is 19.6. The third kappa shape index (κ3) is 3.33. The minimum Gasteiger partial charge on any atom is -0.337 e. The van der Waals surface area contributed by atoms with Gasteiger partial charge in [-0.2, -0.15) is 5.10 Å². The maximum Gasteiger partial charge on any atom is 0.239 e. The van der Waals surface area contributed by atoms with Crippen molar-refractivity contribution in [3.05, 3.63) is 18.5 Å². The van der Waals surface area contributed by atoms with Crippen molar-refractivity contribution in [2.24, 2.45) is 0 Å². The highest BCUT2D eigenvalue weighted by Crippen LogP contribution is 2.21. The first-order chi connectivity index (χ1) is 10.6. The topological polar surface area (TPSA) is 44.6 Å². The Morgan fingerprint density at radius 1 is 1.27 bits per heavy atom. The third-order valence-corrected chi connectivity index (χ3v) is 5.06. The number of amides is 1. The minimum atomic E-state index is -0.00748. The smallest absolute Gasteiger partial charge is 0.239 e. The van der Waals surface area contributed by atoms with Crippen molar-refractivity contribution in [3.8, 4) is 0 Å². The van der Waals surface area contributed by atoms with Crippen LogP contribution < -0.4 is 0 Å². The molecule has 0 aliphatic carbocycles. The molecule has 2 aliphatic rings. The van der Waals surface area contributed by atoms with E-state index in [0.29, 0.717) is 11.9 Å². The van der Waals surface area contributed by atoms with Gasteiger partial charge < -0.3 is 9.80 Å². The molecule has 0 radical (unpaired) electrons. The van der Waals surface area contributed by atoms with E-state index in [-0.39, 0.29) is 6.04 Å². The van der Waals surface area contributed by atoms with Crippen LogP contribution in [0.3, 0.4) is 0 Å². The lowest BCUT2D eigenvalue weighted by Crippen LogP contribution is -2.54. The summed E-state index contributed by atoms with van der Waals surface area (Å²) in [6.07, 6.45) is 5.97. The molecule has 1 amide bonds. The maximum absolute atomic E-state index is 12.9. The quantitative estimate of drug-likeness (QED) is 0.813. The number of carbonyl (C=O) groups excluding carboxylic acids is 1. The fourth-order valence-corrected chi connectivity index (χ4v) is 3.55. The van der Waals surface area contributed by atoms with Crippen LogP contribution >= 0.6 is 0 Å². The Labute approximate surface area is 132 Å². The summed E-state index contributed by atoms with van der Waals surface area (Å²) >= 11 is 0. The molecule has 2 saturated heterocycles. The van der Waals surface area contributed by atoms with Crippen LogP contribution in [0.4, 0.5) is 0 Å². The number of hydrogen-bond donors (Lipinski definition) is 0. The Bertz CT molecular complexity index is 481. The van der Waals surface area contributed by atoms with Gasteiger partial charge in [-0.25, -0.2) is 0 Å². The fraction of sp³-hybridized carbons (Fsp3) is 0.750. The highest BCUT2D eigenvalue weighted by atomic mass is 16.2. The lowest BCUT2D eigenvalue weighted by Gasteiger charge is -2.38. The lowest BCUT2D eigenvalue weighted by atomic mass is 10.1. The first kappa shape index (κ1) is 15.5. The molecule has 0 saturated carbocycles. The number of piperazine rings is 1. The van der Waals surface area contributed by atoms with Gasteiger partial charge in [0, 0.05) is 45.1 Å². The van der Waals surface area contributed by atoms with E-state index in [1.165, 1.54) is 0 Å². The van der Waals surface area contributed by atoms with Crippen molar-refractivity contribution in [1.82, 2.24) is 24.5 Å². The summed E-state index contributed by atoms with van der Waals surface area (Å²) < 4.78 is 1.94. The van der Waals surface area contributed by atoms with Crippen molar-refractivity contribution in [1.29, 1.82) is 0 Å². The molecule has 122 valence electrons. The van der Waals surface area contributed by atoms with Gasteiger partial charge in [0.1, 0.15) is 0 Å². The van der Waals surface area contributed by atoms with Crippen LogP contribution in [-0.2, 0) is 11.3 Å². The van der Waals surface area contributed by atoms with E-state index in [9.17, 15) is 4.79 Å². The Hall–Kier alpha value is -1.40. The van der Waals surface area contributed by atoms with Gasteiger partial charge in [-0.3, -0.25) is 14.4 Å². The molecule has 2 aliphatic heterocycles. The molecule has 1 aromatic rings. The van der Waals surface area contributed by atoms with Crippen molar-refractivity contribution in [2.75, 3.05) is 39.8 Å². The van der Waals surface area contributed by atoms with Crippen LogP contribution in [-0.4, -0.2) is 82.2 Å². The molecule has 1 aromatic heterocycles. The van der Waals surface area contributed by atoms with Gasteiger partial charge in [-0.1, -0.05) is 0 Å². The standard InChI is InChI=1S/C16H27N5O/c1-14(19-11-9-18(2)10-12-19)16(22)21-8-3-5-15(21)13-20-7-4-6-17-20/h4,6-7,14-15H,3,5,8-13H2,1-2H3/t14-,15+/m0/s1. The number of carbonyl (C=O) groups is 1. The monoisotopic (exact) mass is 305 g/mol. The van der Waals surface area contributed by atoms with Crippen molar-refractivity contribution < 1.29 is 4.79 Å². The Kier molecular flexibility index (Phi) is 4.78. The summed E-state index contributed by atoms with van der Waals surface area (Å²) in [5.41, 5.74) is 0. The van der Waals surface area contributed by atoms with E-state index in [2.05, 4.69) is 33.8 Å². The van der Waals surface area contributed by atoms with E-state index in [0.717, 1.165) is 52.1 Å². The number of hydrogen-bond acceptors (Lipinski definition) is 4. The average Bonchev–Trinajstić information content (AvgIpc) is 3.19. The molecule has 0 aromatic carbocycles. The van der Waals surface area contributed by atoms with E-state index in [4.69, 9.17) is 0 Å². The fourth-order valence-electron chi connectivity index (χ4n) is 3.55. The largest absolute Gasteiger partial charge is 0.337 e. The number of likely N-dealkylation sites (tertiary alicyclic amines) is 1. The van der Waals surface area contributed by atoms with Crippen LogP contribution in [0.15, 0.2) is 18.5 Å². The van der Waals surface area contributed by atoms with Gasteiger partial charge in [0.05, 0.1) is 18.6 Å². The summed E-state index contributed by atoms with van der Waals surface area (Å²) in [6.45, 7) is 7.85. The average molecular weight is 305 g/mol. The van der Waals surface area contributed by atoms with E-state index in [1.54, 1.807) is 6.20 Å².